The molecule has 4 aliphatic carbocycles. The third-order valence-electron chi connectivity index (χ3n) is 10.1. The first kappa shape index (κ1) is 22.0. The van der Waals surface area contributed by atoms with Crippen molar-refractivity contribution in [3.63, 3.8) is 0 Å². The van der Waals surface area contributed by atoms with Gasteiger partial charge in [-0.2, -0.15) is 0 Å². The molecule has 4 nitrogen and oxygen atoms in total. The Morgan fingerprint density at radius 1 is 1.20 bits per heavy atom. The first-order valence-corrected chi connectivity index (χ1v) is 12.3. The number of rotatable bonds is 5. The van der Waals surface area contributed by atoms with Crippen LogP contribution in [0.1, 0.15) is 91.9 Å². The molecule has 4 heteroatoms. The first-order chi connectivity index (χ1) is 14.2. The number of aliphatic hydroxyl groups is 1. The van der Waals surface area contributed by atoms with Gasteiger partial charge in [0.15, 0.2) is 5.78 Å². The monoisotopic (exact) mass is 416 g/mol. The van der Waals surface area contributed by atoms with Crippen molar-refractivity contribution in [1.82, 2.24) is 0 Å². The van der Waals surface area contributed by atoms with Gasteiger partial charge in [0.2, 0.25) is 0 Å². The molecule has 0 aromatic carbocycles. The van der Waals surface area contributed by atoms with E-state index in [2.05, 4.69) is 20.8 Å². The molecule has 168 valence electrons. The third-order valence-corrected chi connectivity index (χ3v) is 10.1. The molecule has 0 amide bonds. The maximum Gasteiger partial charge on any atom is 0.305 e. The summed E-state index contributed by atoms with van der Waals surface area (Å²) in [6.45, 7) is 9.27. The number of hydrogen-bond donors (Lipinski definition) is 1. The SMILES string of the molecule is CCC(=O)OCCC[C@]1(O)CC[C@H]2[C@@H]3CCC4=CC(=O)CC(C)[C@]4(C)[C@H]3CC[C@@]21C. The fourth-order valence-electron chi connectivity index (χ4n) is 8.11. The Labute approximate surface area is 181 Å². The van der Waals surface area contributed by atoms with E-state index < -0.39 is 5.60 Å². The molecule has 4 aliphatic rings. The highest BCUT2D eigenvalue weighted by Crippen LogP contribution is 2.68. The van der Waals surface area contributed by atoms with Crippen molar-refractivity contribution in [2.24, 2.45) is 34.5 Å². The molecule has 7 atom stereocenters. The summed E-state index contributed by atoms with van der Waals surface area (Å²) in [6.07, 6.45) is 10.9. The topological polar surface area (TPSA) is 63.6 Å². The van der Waals surface area contributed by atoms with Gasteiger partial charge in [0, 0.05) is 12.8 Å². The Bertz CT molecular complexity index is 741. The van der Waals surface area contributed by atoms with Crippen LogP contribution in [0.3, 0.4) is 0 Å². The van der Waals surface area contributed by atoms with Crippen molar-refractivity contribution < 1.29 is 19.4 Å². The zero-order chi connectivity index (χ0) is 21.7. The van der Waals surface area contributed by atoms with E-state index in [1.54, 1.807) is 0 Å². The van der Waals surface area contributed by atoms with Crippen LogP contribution in [0.15, 0.2) is 11.6 Å². The van der Waals surface area contributed by atoms with Gasteiger partial charge < -0.3 is 9.84 Å². The lowest BCUT2D eigenvalue weighted by molar-refractivity contribution is -0.147. The number of allylic oxidation sites excluding steroid dienone is 1. The van der Waals surface area contributed by atoms with Crippen LogP contribution in [0.2, 0.25) is 0 Å². The Morgan fingerprint density at radius 2 is 1.93 bits per heavy atom. The van der Waals surface area contributed by atoms with E-state index in [-0.39, 0.29) is 16.8 Å². The van der Waals surface area contributed by atoms with E-state index in [9.17, 15) is 14.7 Å². The summed E-state index contributed by atoms with van der Waals surface area (Å²) in [5, 5.41) is 11.7. The maximum absolute atomic E-state index is 12.2. The highest BCUT2D eigenvalue weighted by atomic mass is 16.5. The van der Waals surface area contributed by atoms with Crippen LogP contribution in [-0.2, 0) is 14.3 Å². The molecule has 30 heavy (non-hydrogen) atoms. The molecule has 0 heterocycles. The van der Waals surface area contributed by atoms with Gasteiger partial charge in [-0.3, -0.25) is 9.59 Å². The van der Waals surface area contributed by atoms with Crippen molar-refractivity contribution >= 4 is 11.8 Å². The van der Waals surface area contributed by atoms with Crippen LogP contribution in [0.25, 0.3) is 0 Å². The van der Waals surface area contributed by atoms with Gasteiger partial charge in [-0.1, -0.05) is 33.3 Å². The number of hydrogen-bond acceptors (Lipinski definition) is 4. The van der Waals surface area contributed by atoms with E-state index in [1.807, 2.05) is 13.0 Å². The van der Waals surface area contributed by atoms with Crippen molar-refractivity contribution in [1.29, 1.82) is 0 Å². The molecule has 0 aliphatic heterocycles. The minimum Gasteiger partial charge on any atom is -0.466 e. The molecule has 3 saturated carbocycles. The molecule has 0 radical (unpaired) electrons. The predicted molar refractivity (Wildman–Crippen MR) is 117 cm³/mol. The summed E-state index contributed by atoms with van der Waals surface area (Å²) in [5.74, 6) is 2.41. The van der Waals surface area contributed by atoms with E-state index in [0.717, 1.165) is 51.4 Å². The lowest BCUT2D eigenvalue weighted by Gasteiger charge is -2.60. The van der Waals surface area contributed by atoms with Crippen LogP contribution >= 0.6 is 0 Å². The number of esters is 1. The number of fused-ring (bicyclic) bond motifs is 5. The number of carbonyl (C=O) groups is 2. The standard InChI is InChI=1S/C26H40O4/c1-5-23(28)30-14-6-11-26(29)13-10-21-20-8-7-18-16-19(27)15-17(2)25(18,4)22(20)9-12-24(21,26)3/h16-17,20-22,29H,5-15H2,1-4H3/t17?,20-,21-,22-,24-,25-,26-/m0/s1. The molecule has 0 aromatic rings. The molecule has 1 unspecified atom stereocenters. The molecule has 0 bridgehead atoms. The van der Waals surface area contributed by atoms with E-state index in [0.29, 0.717) is 48.9 Å². The van der Waals surface area contributed by atoms with Crippen LogP contribution in [0, 0.1) is 34.5 Å². The minimum absolute atomic E-state index is 0.0474. The second-order valence-electron chi connectivity index (χ2n) is 11.1. The number of ether oxygens (including phenoxy) is 1. The van der Waals surface area contributed by atoms with Gasteiger partial charge in [0.1, 0.15) is 0 Å². The van der Waals surface area contributed by atoms with Gasteiger partial charge in [-0.15, -0.1) is 0 Å². The second-order valence-corrected chi connectivity index (χ2v) is 11.1. The first-order valence-electron chi connectivity index (χ1n) is 12.3. The average molecular weight is 417 g/mol. The van der Waals surface area contributed by atoms with Gasteiger partial charge in [0.05, 0.1) is 12.2 Å². The van der Waals surface area contributed by atoms with Crippen molar-refractivity contribution in [3.8, 4) is 0 Å². The molecular weight excluding hydrogens is 376 g/mol. The fraction of sp³-hybridized carbons (Fsp3) is 0.846. The Hall–Kier alpha value is -1.16. The third kappa shape index (κ3) is 3.20. The van der Waals surface area contributed by atoms with Crippen LogP contribution in [-0.4, -0.2) is 29.1 Å². The summed E-state index contributed by atoms with van der Waals surface area (Å²) in [6, 6.07) is 0. The summed E-state index contributed by atoms with van der Waals surface area (Å²) < 4.78 is 5.26. The maximum atomic E-state index is 12.2. The van der Waals surface area contributed by atoms with E-state index in [4.69, 9.17) is 4.74 Å². The second kappa shape index (κ2) is 7.76. The van der Waals surface area contributed by atoms with Crippen molar-refractivity contribution in [2.75, 3.05) is 6.61 Å². The molecule has 0 aromatic heterocycles. The van der Waals surface area contributed by atoms with Crippen molar-refractivity contribution in [3.05, 3.63) is 11.6 Å². The lowest BCUT2D eigenvalue weighted by Crippen LogP contribution is -2.56. The zero-order valence-corrected chi connectivity index (χ0v) is 19.3. The highest BCUT2D eigenvalue weighted by Gasteiger charge is 2.64. The Kier molecular flexibility index (Phi) is 5.70. The highest BCUT2D eigenvalue weighted by molar-refractivity contribution is 5.92. The minimum atomic E-state index is -0.646. The Balaban J connectivity index is 1.50. The average Bonchev–Trinajstić information content (AvgIpc) is 2.97. The van der Waals surface area contributed by atoms with E-state index >= 15 is 0 Å². The quantitative estimate of drug-likeness (QED) is 0.492. The number of ketones is 1. The molecular formula is C26H40O4. The summed E-state index contributed by atoms with van der Waals surface area (Å²) in [5.41, 5.74) is 0.857. The molecule has 0 saturated heterocycles. The fourth-order valence-corrected chi connectivity index (χ4v) is 8.11. The van der Waals surface area contributed by atoms with Gasteiger partial charge in [-0.05, 0) is 91.9 Å². The largest absolute Gasteiger partial charge is 0.466 e. The number of carbonyl (C=O) groups excluding carboxylic acids is 2. The molecule has 0 spiro atoms. The normalized spacial score (nSPS) is 45.2. The smallest absolute Gasteiger partial charge is 0.305 e. The molecule has 1 N–H and O–H groups in total. The van der Waals surface area contributed by atoms with Crippen LogP contribution in [0.4, 0.5) is 0 Å². The Morgan fingerprint density at radius 3 is 2.67 bits per heavy atom. The molecule has 3 fully saturated rings. The predicted octanol–water partition coefficient (Wildman–Crippen LogP) is 5.23. The van der Waals surface area contributed by atoms with Crippen molar-refractivity contribution in [2.45, 2.75) is 97.5 Å². The zero-order valence-electron chi connectivity index (χ0n) is 19.3. The summed E-state index contributed by atoms with van der Waals surface area (Å²) in [7, 11) is 0. The van der Waals surface area contributed by atoms with Crippen LogP contribution in [0.5, 0.6) is 0 Å². The van der Waals surface area contributed by atoms with Gasteiger partial charge >= 0.3 is 5.97 Å². The summed E-state index contributed by atoms with van der Waals surface area (Å²) >= 11 is 0. The van der Waals surface area contributed by atoms with Crippen LogP contribution < -0.4 is 0 Å². The lowest BCUT2D eigenvalue weighted by atomic mass is 9.44. The molecule has 4 rings (SSSR count). The van der Waals surface area contributed by atoms with Gasteiger partial charge in [-0.25, -0.2) is 0 Å². The van der Waals surface area contributed by atoms with Gasteiger partial charge in [0.25, 0.3) is 0 Å². The van der Waals surface area contributed by atoms with E-state index in [1.165, 1.54) is 5.57 Å². The summed E-state index contributed by atoms with van der Waals surface area (Å²) in [4.78, 5) is 23.6.